The second kappa shape index (κ2) is 5.02. The lowest BCUT2D eigenvalue weighted by molar-refractivity contribution is -0.150. The number of amides is 2. The second-order valence-electron chi connectivity index (χ2n) is 6.91. The van der Waals surface area contributed by atoms with Gasteiger partial charge in [-0.1, -0.05) is 12.8 Å². The fraction of sp³-hybridized carbons (Fsp3) is 0.867. The van der Waals surface area contributed by atoms with Crippen molar-refractivity contribution in [3.05, 3.63) is 0 Å². The van der Waals surface area contributed by atoms with Crippen molar-refractivity contribution in [2.75, 3.05) is 13.1 Å². The van der Waals surface area contributed by atoms with Gasteiger partial charge in [0.05, 0.1) is 6.04 Å². The molecule has 2 N–H and O–H groups in total. The molecule has 0 aromatic carbocycles. The maximum absolute atomic E-state index is 12.8. The fourth-order valence-electron chi connectivity index (χ4n) is 3.98. The smallest absolute Gasteiger partial charge is 0.245 e. The number of carbonyl (C=O) groups is 2. The minimum Gasteiger partial charge on any atom is -0.352 e. The molecule has 1 saturated carbocycles. The van der Waals surface area contributed by atoms with E-state index in [2.05, 4.69) is 10.6 Å². The topological polar surface area (TPSA) is 61.4 Å². The number of carbonyl (C=O) groups excluding carboxylic acids is 2. The summed E-state index contributed by atoms with van der Waals surface area (Å²) in [5.74, 6) is 0.714. The summed E-state index contributed by atoms with van der Waals surface area (Å²) in [5, 5.41) is 6.36. The third kappa shape index (κ3) is 2.22. The van der Waals surface area contributed by atoms with Gasteiger partial charge in [0.2, 0.25) is 11.8 Å². The van der Waals surface area contributed by atoms with E-state index in [0.29, 0.717) is 25.0 Å². The van der Waals surface area contributed by atoms with Crippen LogP contribution in [0.4, 0.5) is 0 Å². The van der Waals surface area contributed by atoms with E-state index in [9.17, 15) is 9.59 Å². The molecule has 3 aliphatic rings. The number of hydrogen-bond donors (Lipinski definition) is 2. The van der Waals surface area contributed by atoms with Gasteiger partial charge in [0.15, 0.2) is 0 Å². The van der Waals surface area contributed by atoms with Gasteiger partial charge in [0.25, 0.3) is 0 Å². The Morgan fingerprint density at radius 2 is 2.05 bits per heavy atom. The van der Waals surface area contributed by atoms with E-state index in [0.717, 1.165) is 6.42 Å². The summed E-state index contributed by atoms with van der Waals surface area (Å²) < 4.78 is 0. The van der Waals surface area contributed by atoms with E-state index in [-0.39, 0.29) is 17.9 Å². The van der Waals surface area contributed by atoms with Crippen LogP contribution in [-0.4, -0.2) is 47.4 Å². The molecule has 0 aromatic heterocycles. The summed E-state index contributed by atoms with van der Waals surface area (Å²) in [6.07, 6.45) is 5.94. The molecule has 112 valence electrons. The average molecular weight is 279 g/mol. The summed E-state index contributed by atoms with van der Waals surface area (Å²) in [6.45, 7) is 4.85. The highest BCUT2D eigenvalue weighted by Crippen LogP contribution is 2.34. The molecule has 0 aromatic rings. The van der Waals surface area contributed by atoms with Gasteiger partial charge in [-0.3, -0.25) is 9.59 Å². The quantitative estimate of drug-likeness (QED) is 0.740. The third-order valence-corrected chi connectivity index (χ3v) is 5.28. The van der Waals surface area contributed by atoms with Crippen molar-refractivity contribution >= 4 is 11.8 Å². The Kier molecular flexibility index (Phi) is 3.48. The SMILES string of the molecule is CC1(C)C(=O)NCCN1C(=O)C1CC2CCCCC2N1. The van der Waals surface area contributed by atoms with Crippen LogP contribution in [0.25, 0.3) is 0 Å². The van der Waals surface area contributed by atoms with Crippen LogP contribution in [0.3, 0.4) is 0 Å². The first-order valence-electron chi connectivity index (χ1n) is 7.86. The molecular formula is C15H25N3O2. The predicted molar refractivity (Wildman–Crippen MR) is 76.1 cm³/mol. The number of fused-ring (bicyclic) bond motifs is 1. The van der Waals surface area contributed by atoms with Crippen molar-refractivity contribution in [1.29, 1.82) is 0 Å². The van der Waals surface area contributed by atoms with Gasteiger partial charge in [0, 0.05) is 19.1 Å². The normalized spacial score (nSPS) is 36.4. The van der Waals surface area contributed by atoms with Crippen LogP contribution in [0.1, 0.15) is 46.0 Å². The fourth-order valence-corrected chi connectivity index (χ4v) is 3.98. The molecule has 3 atom stereocenters. The zero-order valence-electron chi connectivity index (χ0n) is 12.4. The average Bonchev–Trinajstić information content (AvgIpc) is 2.85. The van der Waals surface area contributed by atoms with Crippen LogP contribution in [0, 0.1) is 5.92 Å². The van der Waals surface area contributed by atoms with Crippen molar-refractivity contribution in [2.45, 2.75) is 63.6 Å². The molecule has 20 heavy (non-hydrogen) atoms. The lowest BCUT2D eigenvalue weighted by Crippen LogP contribution is -2.65. The Hall–Kier alpha value is -1.10. The number of hydrogen-bond acceptors (Lipinski definition) is 3. The highest BCUT2D eigenvalue weighted by molar-refractivity contribution is 5.93. The van der Waals surface area contributed by atoms with Crippen LogP contribution in [0.5, 0.6) is 0 Å². The molecule has 2 amide bonds. The summed E-state index contributed by atoms with van der Waals surface area (Å²) in [6, 6.07) is 0.424. The molecular weight excluding hydrogens is 254 g/mol. The van der Waals surface area contributed by atoms with Gasteiger partial charge in [-0.25, -0.2) is 0 Å². The first kappa shape index (κ1) is 13.9. The number of piperazine rings is 1. The Bertz CT molecular complexity index is 407. The highest BCUT2D eigenvalue weighted by atomic mass is 16.2. The van der Waals surface area contributed by atoms with Gasteiger partial charge in [0.1, 0.15) is 5.54 Å². The zero-order chi connectivity index (χ0) is 14.3. The molecule has 1 aliphatic carbocycles. The van der Waals surface area contributed by atoms with E-state index in [1.54, 1.807) is 4.90 Å². The molecule has 3 fully saturated rings. The number of nitrogens with one attached hydrogen (secondary N) is 2. The molecule has 0 radical (unpaired) electrons. The summed E-state index contributed by atoms with van der Waals surface area (Å²) in [5.41, 5.74) is -0.731. The maximum Gasteiger partial charge on any atom is 0.245 e. The standard InChI is InChI=1S/C15H25N3O2/c1-15(2)14(20)16-7-8-18(15)13(19)12-9-10-5-3-4-6-11(10)17-12/h10-12,17H,3-9H2,1-2H3,(H,16,20). The first-order valence-corrected chi connectivity index (χ1v) is 7.86. The molecule has 2 aliphatic heterocycles. The largest absolute Gasteiger partial charge is 0.352 e. The van der Waals surface area contributed by atoms with Crippen molar-refractivity contribution < 1.29 is 9.59 Å². The maximum atomic E-state index is 12.8. The summed E-state index contributed by atoms with van der Waals surface area (Å²) in [4.78, 5) is 26.5. The Morgan fingerprint density at radius 1 is 1.30 bits per heavy atom. The summed E-state index contributed by atoms with van der Waals surface area (Å²) >= 11 is 0. The molecule has 5 heteroatoms. The van der Waals surface area contributed by atoms with Gasteiger partial charge in [-0.15, -0.1) is 0 Å². The van der Waals surface area contributed by atoms with E-state index < -0.39 is 5.54 Å². The molecule has 2 saturated heterocycles. The van der Waals surface area contributed by atoms with Crippen LogP contribution in [0.15, 0.2) is 0 Å². The van der Waals surface area contributed by atoms with Crippen molar-refractivity contribution in [2.24, 2.45) is 5.92 Å². The van der Waals surface area contributed by atoms with E-state index in [1.807, 2.05) is 13.8 Å². The summed E-state index contributed by atoms with van der Waals surface area (Å²) in [7, 11) is 0. The van der Waals surface area contributed by atoms with E-state index in [1.165, 1.54) is 25.7 Å². The van der Waals surface area contributed by atoms with Gasteiger partial charge in [-0.05, 0) is 39.0 Å². The Morgan fingerprint density at radius 3 is 2.80 bits per heavy atom. The van der Waals surface area contributed by atoms with Crippen molar-refractivity contribution in [1.82, 2.24) is 15.5 Å². The molecule has 3 rings (SSSR count). The molecule has 3 unspecified atom stereocenters. The predicted octanol–water partition coefficient (Wildman–Crippen LogP) is 0.644. The van der Waals surface area contributed by atoms with Crippen molar-refractivity contribution in [3.63, 3.8) is 0 Å². The molecule has 5 nitrogen and oxygen atoms in total. The van der Waals surface area contributed by atoms with Crippen molar-refractivity contribution in [3.8, 4) is 0 Å². The van der Waals surface area contributed by atoms with E-state index >= 15 is 0 Å². The molecule has 0 spiro atoms. The third-order valence-electron chi connectivity index (χ3n) is 5.28. The number of nitrogens with zero attached hydrogens (tertiary/aromatic N) is 1. The number of rotatable bonds is 1. The molecule has 2 heterocycles. The Labute approximate surface area is 120 Å². The minimum absolute atomic E-state index is 0.0486. The molecule has 0 bridgehead atoms. The lowest BCUT2D eigenvalue weighted by Gasteiger charge is -2.42. The highest BCUT2D eigenvalue weighted by Gasteiger charge is 2.46. The first-order chi connectivity index (χ1) is 9.50. The lowest BCUT2D eigenvalue weighted by atomic mass is 9.85. The van der Waals surface area contributed by atoms with Crippen LogP contribution >= 0.6 is 0 Å². The van der Waals surface area contributed by atoms with Gasteiger partial charge >= 0.3 is 0 Å². The Balaban J connectivity index is 1.71. The van der Waals surface area contributed by atoms with E-state index in [4.69, 9.17) is 0 Å². The van der Waals surface area contributed by atoms with Gasteiger partial charge in [-0.2, -0.15) is 0 Å². The second-order valence-corrected chi connectivity index (χ2v) is 6.91. The monoisotopic (exact) mass is 279 g/mol. The van der Waals surface area contributed by atoms with Gasteiger partial charge < -0.3 is 15.5 Å². The van der Waals surface area contributed by atoms with Crippen LogP contribution in [-0.2, 0) is 9.59 Å². The van der Waals surface area contributed by atoms with Crippen LogP contribution < -0.4 is 10.6 Å². The van der Waals surface area contributed by atoms with Crippen LogP contribution in [0.2, 0.25) is 0 Å². The minimum atomic E-state index is -0.731. The zero-order valence-corrected chi connectivity index (χ0v) is 12.4.